The SMILES string of the molecule is O=C(NC(=NC1CCCCCCC1)SP)C1CCCCC1. The highest BCUT2D eigenvalue weighted by atomic mass is 32.7. The lowest BCUT2D eigenvalue weighted by atomic mass is 9.89. The quantitative estimate of drug-likeness (QED) is 0.454. The van der Waals surface area contributed by atoms with Crippen LogP contribution in [0.5, 0.6) is 0 Å². The molecule has 2 aliphatic carbocycles. The molecule has 2 rings (SSSR count). The molecule has 5 heteroatoms. The Labute approximate surface area is 135 Å². The van der Waals surface area contributed by atoms with Gasteiger partial charge in [-0.25, -0.2) is 0 Å². The molecule has 0 bridgehead atoms. The highest BCUT2D eigenvalue weighted by Crippen LogP contribution is 2.25. The normalized spacial score (nSPS) is 23.4. The Morgan fingerprint density at radius 3 is 2.05 bits per heavy atom. The lowest BCUT2D eigenvalue weighted by Gasteiger charge is -2.22. The lowest BCUT2D eigenvalue weighted by Crippen LogP contribution is -2.35. The second-order valence-electron chi connectivity index (χ2n) is 6.38. The van der Waals surface area contributed by atoms with Crippen LogP contribution in [-0.4, -0.2) is 17.1 Å². The van der Waals surface area contributed by atoms with Gasteiger partial charge in [0.2, 0.25) is 5.91 Å². The van der Waals surface area contributed by atoms with E-state index in [1.807, 2.05) is 0 Å². The average Bonchev–Trinajstić information content (AvgIpc) is 2.49. The van der Waals surface area contributed by atoms with Crippen LogP contribution in [0.4, 0.5) is 0 Å². The number of amidine groups is 1. The summed E-state index contributed by atoms with van der Waals surface area (Å²) in [6.45, 7) is 0. The van der Waals surface area contributed by atoms with Crippen molar-refractivity contribution in [3.8, 4) is 0 Å². The Morgan fingerprint density at radius 2 is 1.43 bits per heavy atom. The minimum Gasteiger partial charge on any atom is -0.305 e. The first-order valence-electron chi connectivity index (χ1n) is 8.55. The van der Waals surface area contributed by atoms with Crippen LogP contribution in [0.25, 0.3) is 0 Å². The maximum atomic E-state index is 12.3. The van der Waals surface area contributed by atoms with Gasteiger partial charge >= 0.3 is 0 Å². The van der Waals surface area contributed by atoms with E-state index in [1.165, 1.54) is 75.6 Å². The maximum Gasteiger partial charge on any atom is 0.229 e. The molecule has 0 spiro atoms. The van der Waals surface area contributed by atoms with E-state index in [2.05, 4.69) is 13.8 Å². The van der Waals surface area contributed by atoms with Gasteiger partial charge in [0.15, 0.2) is 5.17 Å². The van der Waals surface area contributed by atoms with Gasteiger partial charge in [-0.1, -0.05) is 71.2 Å². The number of carbonyl (C=O) groups excluding carboxylic acids is 1. The molecule has 3 nitrogen and oxygen atoms in total. The first-order chi connectivity index (χ1) is 10.3. The number of nitrogens with one attached hydrogen (secondary N) is 1. The Hall–Kier alpha value is -0.0800. The summed E-state index contributed by atoms with van der Waals surface area (Å²) < 4.78 is 0. The molecule has 2 fully saturated rings. The summed E-state index contributed by atoms with van der Waals surface area (Å²) in [5.41, 5.74) is 0. The van der Waals surface area contributed by atoms with Gasteiger partial charge in [-0.2, -0.15) is 0 Å². The highest BCUT2D eigenvalue weighted by molar-refractivity contribution is 8.52. The largest absolute Gasteiger partial charge is 0.305 e. The van der Waals surface area contributed by atoms with Crippen molar-refractivity contribution in [2.75, 3.05) is 0 Å². The zero-order chi connectivity index (χ0) is 14.9. The Morgan fingerprint density at radius 1 is 0.905 bits per heavy atom. The summed E-state index contributed by atoms with van der Waals surface area (Å²) in [7, 11) is 2.63. The fourth-order valence-corrected chi connectivity index (χ4v) is 4.12. The van der Waals surface area contributed by atoms with Crippen molar-refractivity contribution in [1.82, 2.24) is 5.32 Å². The summed E-state index contributed by atoms with van der Waals surface area (Å²) in [6, 6.07) is 0.403. The van der Waals surface area contributed by atoms with Gasteiger partial charge in [-0.05, 0) is 25.7 Å². The minimum absolute atomic E-state index is 0.189. The lowest BCUT2D eigenvalue weighted by molar-refractivity contribution is -0.124. The molecule has 0 heterocycles. The van der Waals surface area contributed by atoms with Gasteiger partial charge in [-0.15, -0.1) is 0 Å². The van der Waals surface area contributed by atoms with Crippen LogP contribution in [0, 0.1) is 5.92 Å². The molecule has 0 radical (unpaired) electrons. The molecule has 1 N–H and O–H groups in total. The summed E-state index contributed by atoms with van der Waals surface area (Å²) >= 11 is 1.50. The second kappa shape index (κ2) is 9.84. The van der Waals surface area contributed by atoms with Crippen molar-refractivity contribution in [3.63, 3.8) is 0 Å². The molecular formula is C16H29N2OPS. The van der Waals surface area contributed by atoms with Gasteiger partial charge in [0, 0.05) is 5.92 Å². The molecule has 0 aromatic carbocycles. The van der Waals surface area contributed by atoms with Crippen molar-refractivity contribution in [2.45, 2.75) is 83.1 Å². The zero-order valence-corrected chi connectivity index (χ0v) is 15.0. The summed E-state index contributed by atoms with van der Waals surface area (Å²) in [6.07, 6.45) is 14.7. The third-order valence-electron chi connectivity index (χ3n) is 4.69. The molecule has 0 aromatic rings. The van der Waals surface area contributed by atoms with Crippen LogP contribution in [-0.2, 0) is 4.79 Å². The molecule has 21 heavy (non-hydrogen) atoms. The minimum atomic E-state index is 0.189. The number of hydrogen-bond donors (Lipinski definition) is 1. The molecular weight excluding hydrogens is 299 g/mol. The highest BCUT2D eigenvalue weighted by Gasteiger charge is 2.22. The topological polar surface area (TPSA) is 41.5 Å². The van der Waals surface area contributed by atoms with Crippen molar-refractivity contribution in [2.24, 2.45) is 10.9 Å². The molecule has 2 aliphatic rings. The zero-order valence-electron chi connectivity index (χ0n) is 13.0. The number of amides is 1. The van der Waals surface area contributed by atoms with Crippen LogP contribution in [0.3, 0.4) is 0 Å². The van der Waals surface area contributed by atoms with Crippen LogP contribution >= 0.6 is 19.8 Å². The Balaban J connectivity index is 1.87. The van der Waals surface area contributed by atoms with Crippen LogP contribution < -0.4 is 5.32 Å². The van der Waals surface area contributed by atoms with E-state index in [-0.39, 0.29) is 11.8 Å². The van der Waals surface area contributed by atoms with Gasteiger partial charge in [0.05, 0.1) is 6.04 Å². The first kappa shape index (κ1) is 17.3. The Kier molecular flexibility index (Phi) is 8.10. The predicted molar refractivity (Wildman–Crippen MR) is 95.6 cm³/mol. The second-order valence-corrected chi connectivity index (χ2v) is 7.70. The third kappa shape index (κ3) is 6.28. The predicted octanol–water partition coefficient (Wildman–Crippen LogP) is 4.68. The fourth-order valence-electron chi connectivity index (χ4n) is 3.39. The van der Waals surface area contributed by atoms with Crippen LogP contribution in [0.1, 0.15) is 77.0 Å². The van der Waals surface area contributed by atoms with Gasteiger partial charge < -0.3 is 5.32 Å². The van der Waals surface area contributed by atoms with Gasteiger partial charge in [0.1, 0.15) is 0 Å². The number of rotatable bonds is 2. The molecule has 0 aliphatic heterocycles. The van der Waals surface area contributed by atoms with E-state index in [9.17, 15) is 4.79 Å². The summed E-state index contributed by atoms with van der Waals surface area (Å²) in [5.74, 6) is 0.396. The Bertz CT molecular complexity index is 348. The van der Waals surface area contributed by atoms with Crippen molar-refractivity contribution in [3.05, 3.63) is 0 Å². The number of nitrogens with zero attached hydrogens (tertiary/aromatic N) is 1. The van der Waals surface area contributed by atoms with E-state index >= 15 is 0 Å². The summed E-state index contributed by atoms with van der Waals surface area (Å²) in [4.78, 5) is 17.1. The number of hydrogen-bond acceptors (Lipinski definition) is 3. The molecule has 1 amide bonds. The van der Waals surface area contributed by atoms with E-state index in [4.69, 9.17) is 4.99 Å². The third-order valence-corrected chi connectivity index (χ3v) is 5.79. The van der Waals surface area contributed by atoms with Gasteiger partial charge in [-0.3, -0.25) is 9.79 Å². The van der Waals surface area contributed by atoms with Crippen molar-refractivity contribution >= 4 is 30.9 Å². The molecule has 2 saturated carbocycles. The van der Waals surface area contributed by atoms with E-state index in [1.54, 1.807) is 0 Å². The van der Waals surface area contributed by atoms with Crippen LogP contribution in [0.15, 0.2) is 4.99 Å². The van der Waals surface area contributed by atoms with E-state index < -0.39 is 0 Å². The molecule has 0 saturated heterocycles. The average molecular weight is 328 g/mol. The van der Waals surface area contributed by atoms with Crippen LogP contribution in [0.2, 0.25) is 0 Å². The standard InChI is InChI=1S/C16H29N2OPS/c19-15(13-9-5-4-6-10-13)18-16(21-20)17-14-11-7-2-1-3-8-12-14/h13-14H,1-12,20H2,(H,17,18,19). The first-order valence-corrected chi connectivity index (χ1v) is 10.8. The summed E-state index contributed by atoms with van der Waals surface area (Å²) in [5, 5.41) is 3.88. The number of aliphatic imine (C=N–C) groups is 1. The van der Waals surface area contributed by atoms with E-state index in [0.29, 0.717) is 6.04 Å². The van der Waals surface area contributed by atoms with E-state index in [0.717, 1.165) is 18.0 Å². The van der Waals surface area contributed by atoms with Gasteiger partial charge in [0.25, 0.3) is 0 Å². The molecule has 120 valence electrons. The fraction of sp³-hybridized carbons (Fsp3) is 0.875. The van der Waals surface area contributed by atoms with Crippen molar-refractivity contribution < 1.29 is 4.79 Å². The molecule has 0 aromatic heterocycles. The maximum absolute atomic E-state index is 12.3. The molecule has 1 unspecified atom stereocenters. The smallest absolute Gasteiger partial charge is 0.229 e. The number of carbonyl (C=O) groups is 1. The monoisotopic (exact) mass is 328 g/mol. The molecule has 1 atom stereocenters. The van der Waals surface area contributed by atoms with Crippen molar-refractivity contribution in [1.29, 1.82) is 0 Å².